The third-order valence-electron chi connectivity index (χ3n) is 6.24. The molecule has 1 N–H and O–H groups in total. The number of nitrogens with one attached hydrogen (secondary N) is 1. The van der Waals surface area contributed by atoms with Gasteiger partial charge in [-0.05, 0) is 48.9 Å². The van der Waals surface area contributed by atoms with E-state index in [2.05, 4.69) is 57.6 Å². The molecule has 0 spiro atoms. The maximum absolute atomic E-state index is 6.56. The summed E-state index contributed by atoms with van der Waals surface area (Å²) in [4.78, 5) is 11.2. The highest BCUT2D eigenvalue weighted by atomic mass is 35.5. The number of hydrogen-bond donors (Lipinski definition) is 1. The number of halogens is 2. The minimum absolute atomic E-state index is 0.171. The van der Waals surface area contributed by atoms with Crippen LogP contribution in [-0.2, 0) is 20.8 Å². The lowest BCUT2D eigenvalue weighted by Crippen LogP contribution is -2.31. The topological polar surface area (TPSA) is 68.7 Å². The van der Waals surface area contributed by atoms with Crippen molar-refractivity contribution >= 4 is 29.0 Å². The van der Waals surface area contributed by atoms with Crippen molar-refractivity contribution in [3.05, 3.63) is 75.5 Å². The predicted octanol–water partition coefficient (Wildman–Crippen LogP) is 5.51. The molecule has 0 radical (unpaired) electrons. The number of nitrogens with zero attached hydrogens (tertiary/aromatic N) is 3. The largest absolute Gasteiger partial charge is 0.379 e. The summed E-state index contributed by atoms with van der Waals surface area (Å²) in [6.07, 6.45) is 1.58. The molecule has 1 aromatic heterocycles. The first-order valence-electron chi connectivity index (χ1n) is 12.6. The van der Waals surface area contributed by atoms with Crippen LogP contribution in [0.3, 0.4) is 0 Å². The average Bonchev–Trinajstić information content (AvgIpc) is 2.90. The summed E-state index contributed by atoms with van der Waals surface area (Å²) in [6.45, 7) is 7.89. The standard InChI is InChI=1S/C28H34Cl2N4O3/c1-3-35-9-10-37-12-11-36-8-7-31-28-16-27(32-19-33-28)21-6-4-5-20(13-21)24-17-34(2)18-25-23(24)14-22(29)15-26(25)30/h4-6,13-16,19,24H,3,7-12,17-18H2,1-2H3,(H,31,32,33)/t24-/m0/s1. The Morgan fingerprint density at radius 3 is 2.57 bits per heavy atom. The number of rotatable bonds is 13. The molecule has 9 heteroatoms. The van der Waals surface area contributed by atoms with Crippen LogP contribution in [0.1, 0.15) is 29.5 Å². The molecular formula is C28H34Cl2N4O3. The van der Waals surface area contributed by atoms with Crippen molar-refractivity contribution in [3.8, 4) is 11.3 Å². The van der Waals surface area contributed by atoms with Gasteiger partial charge in [-0.15, -0.1) is 0 Å². The van der Waals surface area contributed by atoms with Crippen molar-refractivity contribution in [3.63, 3.8) is 0 Å². The first-order valence-corrected chi connectivity index (χ1v) is 13.4. The summed E-state index contributed by atoms with van der Waals surface area (Å²) in [7, 11) is 2.12. The van der Waals surface area contributed by atoms with Gasteiger partial charge in [0.15, 0.2) is 0 Å². The minimum Gasteiger partial charge on any atom is -0.379 e. The van der Waals surface area contributed by atoms with Crippen LogP contribution in [-0.4, -0.2) is 74.6 Å². The normalized spacial score (nSPS) is 15.5. The van der Waals surface area contributed by atoms with E-state index in [1.54, 1.807) is 6.33 Å². The average molecular weight is 546 g/mol. The molecule has 0 unspecified atom stereocenters. The Morgan fingerprint density at radius 2 is 1.76 bits per heavy atom. The number of hydrogen-bond acceptors (Lipinski definition) is 7. The fraction of sp³-hybridized carbons (Fsp3) is 0.429. The molecule has 0 bridgehead atoms. The molecule has 7 nitrogen and oxygen atoms in total. The van der Waals surface area contributed by atoms with Crippen molar-refractivity contribution in [1.29, 1.82) is 0 Å². The van der Waals surface area contributed by atoms with Gasteiger partial charge in [0.25, 0.3) is 0 Å². The number of fused-ring (bicyclic) bond motifs is 1. The lowest BCUT2D eigenvalue weighted by atomic mass is 9.84. The monoisotopic (exact) mass is 544 g/mol. The van der Waals surface area contributed by atoms with E-state index in [1.165, 1.54) is 11.1 Å². The summed E-state index contributed by atoms with van der Waals surface area (Å²) in [5, 5.41) is 4.70. The lowest BCUT2D eigenvalue weighted by Gasteiger charge is -2.33. The Kier molecular flexibility index (Phi) is 10.5. The zero-order valence-corrected chi connectivity index (χ0v) is 22.9. The Bertz CT molecular complexity index is 1160. The predicted molar refractivity (Wildman–Crippen MR) is 149 cm³/mol. The molecule has 0 saturated heterocycles. The second-order valence-electron chi connectivity index (χ2n) is 8.97. The van der Waals surface area contributed by atoms with Crippen molar-refractivity contribution in [2.24, 2.45) is 0 Å². The van der Waals surface area contributed by atoms with Crippen molar-refractivity contribution < 1.29 is 14.2 Å². The molecule has 0 saturated carbocycles. The van der Waals surface area contributed by atoms with Gasteiger partial charge in [0, 0.05) is 53.8 Å². The number of anilines is 1. The zero-order chi connectivity index (χ0) is 26.0. The molecule has 1 aliphatic heterocycles. The first kappa shape index (κ1) is 27.8. The molecule has 1 atom stereocenters. The smallest absolute Gasteiger partial charge is 0.130 e. The van der Waals surface area contributed by atoms with Gasteiger partial charge >= 0.3 is 0 Å². The summed E-state index contributed by atoms with van der Waals surface area (Å²) < 4.78 is 16.3. The van der Waals surface area contributed by atoms with E-state index in [9.17, 15) is 0 Å². The van der Waals surface area contributed by atoms with Gasteiger partial charge in [0.1, 0.15) is 12.1 Å². The SMILES string of the molecule is CCOCCOCCOCCNc1cc(-c2cccc([C@@H]3CN(C)Cc4c(Cl)cc(Cl)cc43)c2)ncn1. The van der Waals surface area contributed by atoms with Gasteiger partial charge in [-0.25, -0.2) is 9.97 Å². The van der Waals surface area contributed by atoms with Crippen LogP contribution in [0.4, 0.5) is 5.82 Å². The number of benzene rings is 2. The van der Waals surface area contributed by atoms with Gasteiger partial charge in [-0.2, -0.15) is 0 Å². The third-order valence-corrected chi connectivity index (χ3v) is 6.80. The van der Waals surface area contributed by atoms with Crippen molar-refractivity contribution in [2.45, 2.75) is 19.4 Å². The van der Waals surface area contributed by atoms with Crippen LogP contribution >= 0.6 is 23.2 Å². The maximum Gasteiger partial charge on any atom is 0.130 e. The molecule has 0 amide bonds. The van der Waals surface area contributed by atoms with Gasteiger partial charge < -0.3 is 24.4 Å². The molecule has 1 aliphatic rings. The minimum atomic E-state index is 0.171. The lowest BCUT2D eigenvalue weighted by molar-refractivity contribution is 0.0189. The highest BCUT2D eigenvalue weighted by Gasteiger charge is 2.27. The number of aromatic nitrogens is 2. The fourth-order valence-electron chi connectivity index (χ4n) is 4.49. The molecule has 0 aliphatic carbocycles. The van der Waals surface area contributed by atoms with Gasteiger partial charge in [0.2, 0.25) is 0 Å². The van der Waals surface area contributed by atoms with Crippen LogP contribution in [0, 0.1) is 0 Å². The van der Waals surface area contributed by atoms with E-state index in [1.807, 2.05) is 19.1 Å². The van der Waals surface area contributed by atoms with E-state index < -0.39 is 0 Å². The van der Waals surface area contributed by atoms with Gasteiger partial charge in [0.05, 0.1) is 38.7 Å². The summed E-state index contributed by atoms with van der Waals surface area (Å²) in [5.74, 6) is 0.929. The van der Waals surface area contributed by atoms with Gasteiger partial charge in [-0.1, -0.05) is 41.4 Å². The quantitative estimate of drug-likeness (QED) is 0.284. The molecule has 198 valence electrons. The Hall–Kier alpha value is -2.26. The van der Waals surface area contributed by atoms with Crippen molar-refractivity contribution in [2.75, 3.05) is 65.1 Å². The molecule has 0 fully saturated rings. The summed E-state index contributed by atoms with van der Waals surface area (Å²) in [5.41, 5.74) is 5.43. The number of ether oxygens (including phenoxy) is 3. The van der Waals surface area contributed by atoms with Gasteiger partial charge in [-0.3, -0.25) is 0 Å². The molecule has 4 rings (SSSR count). The first-order chi connectivity index (χ1) is 18.0. The maximum atomic E-state index is 6.56. The summed E-state index contributed by atoms with van der Waals surface area (Å²) in [6, 6.07) is 14.3. The Balaban J connectivity index is 1.36. The van der Waals surface area contributed by atoms with Crippen LogP contribution in [0.2, 0.25) is 10.0 Å². The van der Waals surface area contributed by atoms with Crippen molar-refractivity contribution in [1.82, 2.24) is 14.9 Å². The zero-order valence-electron chi connectivity index (χ0n) is 21.4. The van der Waals surface area contributed by atoms with E-state index in [0.29, 0.717) is 51.2 Å². The molecule has 2 heterocycles. The highest BCUT2D eigenvalue weighted by Crippen LogP contribution is 2.39. The number of likely N-dealkylation sites (N-methyl/N-ethyl adjacent to an activating group) is 1. The molecular weight excluding hydrogens is 511 g/mol. The van der Waals surface area contributed by atoms with Crippen LogP contribution in [0.5, 0.6) is 0 Å². The second kappa shape index (κ2) is 14.0. The van der Waals surface area contributed by atoms with Crippen LogP contribution in [0.25, 0.3) is 11.3 Å². The van der Waals surface area contributed by atoms with Crippen LogP contribution < -0.4 is 5.32 Å². The van der Waals surface area contributed by atoms with E-state index in [4.69, 9.17) is 37.4 Å². The summed E-state index contributed by atoms with van der Waals surface area (Å²) >= 11 is 12.9. The van der Waals surface area contributed by atoms with E-state index >= 15 is 0 Å². The molecule has 37 heavy (non-hydrogen) atoms. The van der Waals surface area contributed by atoms with E-state index in [0.717, 1.165) is 40.8 Å². The Labute approximate surface area is 229 Å². The second-order valence-corrected chi connectivity index (χ2v) is 9.81. The fourth-order valence-corrected chi connectivity index (χ4v) is 5.06. The van der Waals surface area contributed by atoms with Crippen LogP contribution in [0.15, 0.2) is 48.8 Å². The highest BCUT2D eigenvalue weighted by molar-refractivity contribution is 6.35. The third kappa shape index (κ3) is 7.87. The van der Waals surface area contributed by atoms with E-state index in [-0.39, 0.29) is 5.92 Å². The molecule has 3 aromatic rings. The molecule has 2 aromatic carbocycles. The Morgan fingerprint density at radius 1 is 0.973 bits per heavy atom.